The predicted octanol–water partition coefficient (Wildman–Crippen LogP) is 4.84. The number of fused-ring (bicyclic) bond motifs is 1. The maximum Gasteiger partial charge on any atom is 0.221 e. The van der Waals surface area contributed by atoms with E-state index in [1.807, 2.05) is 70.9 Å². The van der Waals surface area contributed by atoms with Gasteiger partial charge in [0.05, 0.1) is 24.8 Å². The summed E-state index contributed by atoms with van der Waals surface area (Å²) in [5.74, 6) is 2.35. The van der Waals surface area contributed by atoms with Crippen molar-refractivity contribution in [3.8, 4) is 11.4 Å². The van der Waals surface area contributed by atoms with Gasteiger partial charge in [0.1, 0.15) is 11.6 Å². The van der Waals surface area contributed by atoms with Gasteiger partial charge < -0.3 is 14.6 Å². The minimum absolute atomic E-state index is 0.0806. The number of ether oxygens (including phenoxy) is 1. The molecule has 0 saturated heterocycles. The quantitative estimate of drug-likeness (QED) is 0.438. The highest BCUT2D eigenvalue weighted by molar-refractivity contribution is 5.89. The minimum atomic E-state index is -0.0806. The lowest BCUT2D eigenvalue weighted by atomic mass is 9.90. The monoisotopic (exact) mass is 468 g/mol. The van der Waals surface area contributed by atoms with Crippen LogP contribution in [0.4, 0.5) is 5.69 Å². The number of anilines is 1. The standard InChI is InChI=1S/C27H28N6O2/c1-18-16-32(17-28-18)24-12-10-20(15-25(24)35-3)11-13-26-30-27-22(8-6-14-33(27)31-26)21-7-4-5-9-23(21)29-19(2)34/h4-5,7,9-13,15-17,22H,6,8,14H2,1-3H3,(H,29,34)/t22-/m1/s1. The molecule has 35 heavy (non-hydrogen) atoms. The maximum atomic E-state index is 11.7. The van der Waals surface area contributed by atoms with E-state index in [-0.39, 0.29) is 11.8 Å². The molecule has 0 spiro atoms. The summed E-state index contributed by atoms with van der Waals surface area (Å²) in [6.45, 7) is 4.32. The van der Waals surface area contributed by atoms with Crippen molar-refractivity contribution in [1.29, 1.82) is 0 Å². The molecule has 0 bridgehead atoms. The van der Waals surface area contributed by atoms with E-state index in [1.165, 1.54) is 6.92 Å². The molecular weight excluding hydrogens is 440 g/mol. The SMILES string of the molecule is COc1cc(C=Cc2nc3n(n2)CCC[C@@H]3c2ccccc2NC(C)=O)ccc1-n1cnc(C)c1. The Bertz CT molecular complexity index is 1400. The smallest absolute Gasteiger partial charge is 0.221 e. The summed E-state index contributed by atoms with van der Waals surface area (Å²) in [5, 5.41) is 7.69. The first-order valence-electron chi connectivity index (χ1n) is 11.7. The molecule has 0 aliphatic carbocycles. The van der Waals surface area contributed by atoms with Gasteiger partial charge in [-0.1, -0.05) is 30.3 Å². The topological polar surface area (TPSA) is 86.9 Å². The maximum absolute atomic E-state index is 11.7. The van der Waals surface area contributed by atoms with Crippen LogP contribution in [0.2, 0.25) is 0 Å². The molecule has 5 rings (SSSR count). The van der Waals surface area contributed by atoms with E-state index < -0.39 is 0 Å². The average Bonchev–Trinajstić information content (AvgIpc) is 3.48. The molecule has 0 saturated carbocycles. The number of hydrogen-bond donors (Lipinski definition) is 1. The highest BCUT2D eigenvalue weighted by Gasteiger charge is 2.27. The number of methoxy groups -OCH3 is 1. The first-order chi connectivity index (χ1) is 17.0. The number of aryl methyl sites for hydroxylation is 2. The fourth-order valence-corrected chi connectivity index (χ4v) is 4.57. The summed E-state index contributed by atoms with van der Waals surface area (Å²) in [5.41, 5.74) is 4.77. The zero-order valence-electron chi connectivity index (χ0n) is 20.1. The van der Waals surface area contributed by atoms with Crippen molar-refractivity contribution < 1.29 is 9.53 Å². The molecular formula is C27H28N6O2. The second-order valence-corrected chi connectivity index (χ2v) is 8.70. The zero-order valence-corrected chi connectivity index (χ0v) is 20.1. The Balaban J connectivity index is 1.41. The van der Waals surface area contributed by atoms with Crippen molar-refractivity contribution in [2.45, 2.75) is 39.2 Å². The fourth-order valence-electron chi connectivity index (χ4n) is 4.57. The van der Waals surface area contributed by atoms with E-state index in [0.29, 0.717) is 5.82 Å². The number of imidazole rings is 1. The van der Waals surface area contributed by atoms with Gasteiger partial charge in [-0.25, -0.2) is 14.6 Å². The van der Waals surface area contributed by atoms with Crippen LogP contribution in [-0.2, 0) is 11.3 Å². The molecule has 0 fully saturated rings. The number of carbonyl (C=O) groups excluding carboxylic acids is 1. The van der Waals surface area contributed by atoms with Crippen LogP contribution in [0.5, 0.6) is 5.75 Å². The van der Waals surface area contributed by atoms with Crippen LogP contribution < -0.4 is 10.1 Å². The van der Waals surface area contributed by atoms with Gasteiger partial charge in [-0.3, -0.25) is 4.79 Å². The first kappa shape index (κ1) is 22.6. The third-order valence-corrected chi connectivity index (χ3v) is 6.16. The van der Waals surface area contributed by atoms with Crippen molar-refractivity contribution >= 4 is 23.7 Å². The third-order valence-electron chi connectivity index (χ3n) is 6.16. The van der Waals surface area contributed by atoms with Crippen LogP contribution in [0.25, 0.3) is 17.8 Å². The number of benzene rings is 2. The second-order valence-electron chi connectivity index (χ2n) is 8.70. The van der Waals surface area contributed by atoms with Gasteiger partial charge >= 0.3 is 0 Å². The van der Waals surface area contributed by atoms with Crippen LogP contribution in [0.15, 0.2) is 55.0 Å². The Kier molecular flexibility index (Phi) is 6.18. The minimum Gasteiger partial charge on any atom is -0.495 e. The molecule has 8 nitrogen and oxygen atoms in total. The van der Waals surface area contributed by atoms with Gasteiger partial charge in [0.25, 0.3) is 0 Å². The summed E-state index contributed by atoms with van der Waals surface area (Å²) in [7, 11) is 1.67. The molecule has 1 aliphatic heterocycles. The molecule has 1 amide bonds. The Morgan fingerprint density at radius 1 is 1.20 bits per heavy atom. The Hall–Kier alpha value is -4.20. The van der Waals surface area contributed by atoms with E-state index in [0.717, 1.165) is 59.2 Å². The van der Waals surface area contributed by atoms with Gasteiger partial charge in [0.15, 0.2) is 5.82 Å². The van der Waals surface area contributed by atoms with E-state index in [9.17, 15) is 4.79 Å². The van der Waals surface area contributed by atoms with Crippen molar-refractivity contribution in [1.82, 2.24) is 24.3 Å². The molecule has 8 heteroatoms. The molecule has 0 radical (unpaired) electrons. The second kappa shape index (κ2) is 9.58. The normalized spacial score (nSPS) is 15.2. The fraction of sp³-hybridized carbons (Fsp3) is 0.259. The lowest BCUT2D eigenvalue weighted by Crippen LogP contribution is -2.19. The van der Waals surface area contributed by atoms with Crippen LogP contribution in [0.1, 0.15) is 54.2 Å². The molecule has 1 aliphatic rings. The number of nitrogens with one attached hydrogen (secondary N) is 1. The van der Waals surface area contributed by atoms with E-state index in [4.69, 9.17) is 14.8 Å². The highest BCUT2D eigenvalue weighted by atomic mass is 16.5. The average molecular weight is 469 g/mol. The summed E-state index contributed by atoms with van der Waals surface area (Å²) < 4.78 is 9.56. The molecule has 3 heterocycles. The number of carbonyl (C=O) groups is 1. The highest BCUT2D eigenvalue weighted by Crippen LogP contribution is 2.36. The molecule has 1 N–H and O–H groups in total. The van der Waals surface area contributed by atoms with E-state index in [2.05, 4.69) is 16.4 Å². The van der Waals surface area contributed by atoms with Gasteiger partial charge in [0.2, 0.25) is 5.91 Å². The third kappa shape index (κ3) is 4.73. The molecule has 0 unspecified atom stereocenters. The Labute approximate surface area is 204 Å². The number of aromatic nitrogens is 5. The zero-order chi connectivity index (χ0) is 24.4. The molecule has 178 valence electrons. The summed E-state index contributed by atoms with van der Waals surface area (Å²) in [6.07, 6.45) is 9.64. The lowest BCUT2D eigenvalue weighted by Gasteiger charge is -2.24. The Morgan fingerprint density at radius 2 is 2.06 bits per heavy atom. The summed E-state index contributed by atoms with van der Waals surface area (Å²) in [6, 6.07) is 14.0. The van der Waals surface area contributed by atoms with Gasteiger partial charge in [-0.15, -0.1) is 0 Å². The van der Waals surface area contributed by atoms with Crippen LogP contribution in [0, 0.1) is 6.92 Å². The van der Waals surface area contributed by atoms with Crippen molar-refractivity contribution in [3.05, 3.63) is 83.5 Å². The van der Waals surface area contributed by atoms with Gasteiger partial charge in [-0.2, -0.15) is 5.10 Å². The number of nitrogens with zero attached hydrogens (tertiary/aromatic N) is 5. The summed E-state index contributed by atoms with van der Waals surface area (Å²) >= 11 is 0. The predicted molar refractivity (Wildman–Crippen MR) is 136 cm³/mol. The summed E-state index contributed by atoms with van der Waals surface area (Å²) in [4.78, 5) is 20.9. The Morgan fingerprint density at radius 3 is 2.83 bits per heavy atom. The molecule has 1 atom stereocenters. The van der Waals surface area contributed by atoms with E-state index in [1.54, 1.807) is 13.4 Å². The number of para-hydroxylation sites is 1. The van der Waals surface area contributed by atoms with Crippen molar-refractivity contribution in [2.24, 2.45) is 0 Å². The number of amides is 1. The lowest BCUT2D eigenvalue weighted by molar-refractivity contribution is -0.114. The van der Waals surface area contributed by atoms with E-state index >= 15 is 0 Å². The van der Waals surface area contributed by atoms with Gasteiger partial charge in [-0.05, 0) is 55.2 Å². The first-order valence-corrected chi connectivity index (χ1v) is 11.7. The molecule has 2 aromatic heterocycles. The van der Waals surface area contributed by atoms with Crippen LogP contribution in [-0.4, -0.2) is 37.3 Å². The molecule has 2 aromatic carbocycles. The number of rotatable bonds is 6. The molecule has 4 aromatic rings. The van der Waals surface area contributed by atoms with Crippen LogP contribution in [0.3, 0.4) is 0 Å². The van der Waals surface area contributed by atoms with Gasteiger partial charge in [0, 0.05) is 31.3 Å². The van der Waals surface area contributed by atoms with Crippen molar-refractivity contribution in [3.63, 3.8) is 0 Å². The largest absolute Gasteiger partial charge is 0.495 e. The number of hydrogen-bond acceptors (Lipinski definition) is 5. The van der Waals surface area contributed by atoms with Crippen molar-refractivity contribution in [2.75, 3.05) is 12.4 Å². The van der Waals surface area contributed by atoms with Crippen LogP contribution >= 0.6 is 0 Å².